The molecule has 1 nitrogen and oxygen atoms in total. The Hall–Kier alpha value is -2.23. The molecule has 2 aromatic heterocycles. The van der Waals surface area contributed by atoms with Gasteiger partial charge in [0.2, 0.25) is 0 Å². The number of rotatable bonds is 1. The predicted octanol–water partition coefficient (Wildman–Crippen LogP) is 6.86. The van der Waals surface area contributed by atoms with Crippen molar-refractivity contribution in [2.45, 2.75) is 16.7 Å². The highest BCUT2D eigenvalue weighted by Crippen LogP contribution is 2.47. The quantitative estimate of drug-likeness (QED) is 0.317. The van der Waals surface area contributed by atoms with Crippen molar-refractivity contribution in [3.05, 3.63) is 77.7 Å². The maximum Gasteiger partial charge on any atom is 0.0886 e. The van der Waals surface area contributed by atoms with Gasteiger partial charge in [-0.15, -0.1) is 23.1 Å². The summed E-state index contributed by atoms with van der Waals surface area (Å²) in [7, 11) is 0. The van der Waals surface area contributed by atoms with E-state index in [-0.39, 0.29) is 0 Å². The Balaban J connectivity index is 1.69. The van der Waals surface area contributed by atoms with Crippen molar-refractivity contribution in [1.82, 2.24) is 4.57 Å². The van der Waals surface area contributed by atoms with Crippen LogP contribution < -0.4 is 0 Å². The first-order valence-corrected chi connectivity index (χ1v) is 10.3. The normalized spacial score (nSPS) is 16.9. The number of benzene rings is 3. The molecule has 0 saturated heterocycles. The summed E-state index contributed by atoms with van der Waals surface area (Å²) in [5, 5.41) is 6.80. The van der Waals surface area contributed by atoms with Gasteiger partial charge in [-0.05, 0) is 41.3 Å². The Bertz CT molecular complexity index is 1240. The predicted molar refractivity (Wildman–Crippen MR) is 110 cm³/mol. The molecule has 0 amide bonds. The first-order chi connectivity index (χ1) is 12.4. The summed E-state index contributed by atoms with van der Waals surface area (Å²) in [5.74, 6) is 0. The van der Waals surface area contributed by atoms with Crippen molar-refractivity contribution in [2.75, 3.05) is 0 Å². The Kier molecular flexibility index (Phi) is 2.87. The molecule has 0 aliphatic carbocycles. The van der Waals surface area contributed by atoms with E-state index >= 15 is 0 Å². The van der Waals surface area contributed by atoms with Crippen molar-refractivity contribution < 1.29 is 0 Å². The van der Waals surface area contributed by atoms with E-state index in [2.05, 4.69) is 76.7 Å². The number of aromatic nitrogens is 1. The first kappa shape index (κ1) is 14.0. The highest BCUT2D eigenvalue weighted by molar-refractivity contribution is 7.99. The highest BCUT2D eigenvalue weighted by atomic mass is 32.2. The van der Waals surface area contributed by atoms with Gasteiger partial charge in [0.25, 0.3) is 0 Å². The average Bonchev–Trinajstić information content (AvgIpc) is 3.35. The van der Waals surface area contributed by atoms with Gasteiger partial charge in [0, 0.05) is 32.2 Å². The lowest BCUT2D eigenvalue weighted by Crippen LogP contribution is -2.03. The van der Waals surface area contributed by atoms with Crippen LogP contribution in [0.1, 0.15) is 10.9 Å². The van der Waals surface area contributed by atoms with Gasteiger partial charge in [-0.2, -0.15) is 0 Å². The fraction of sp³-hybridized carbons (Fsp3) is 0.0909. The third kappa shape index (κ3) is 1.91. The lowest BCUT2D eigenvalue weighted by molar-refractivity contribution is 0.734. The zero-order valence-electron chi connectivity index (χ0n) is 13.5. The lowest BCUT2D eigenvalue weighted by atomic mass is 10.1. The highest BCUT2D eigenvalue weighted by Gasteiger charge is 2.26. The summed E-state index contributed by atoms with van der Waals surface area (Å²) in [4.78, 5) is 1.43. The van der Waals surface area contributed by atoms with Crippen molar-refractivity contribution in [2.24, 2.45) is 0 Å². The van der Waals surface area contributed by atoms with Crippen LogP contribution in [-0.4, -0.2) is 4.57 Å². The van der Waals surface area contributed by atoms with Gasteiger partial charge >= 0.3 is 0 Å². The number of thioether (sulfide) groups is 1. The Morgan fingerprint density at radius 3 is 2.64 bits per heavy atom. The van der Waals surface area contributed by atoms with Gasteiger partial charge < -0.3 is 4.57 Å². The number of para-hydroxylation sites is 1. The van der Waals surface area contributed by atoms with E-state index in [1.54, 1.807) is 0 Å². The van der Waals surface area contributed by atoms with Gasteiger partial charge in [0.15, 0.2) is 0 Å². The molecule has 5 aromatic rings. The summed E-state index contributed by atoms with van der Waals surface area (Å²) in [6, 6.07) is 24.6. The third-order valence-electron chi connectivity index (χ3n) is 5.22. The van der Waals surface area contributed by atoms with Crippen LogP contribution in [0.4, 0.5) is 0 Å². The molecule has 0 radical (unpaired) electrons. The summed E-state index contributed by atoms with van der Waals surface area (Å²) in [5.41, 5.74) is 4.18. The van der Waals surface area contributed by atoms with Crippen molar-refractivity contribution in [3.63, 3.8) is 0 Å². The molecule has 1 unspecified atom stereocenters. The first-order valence-electron chi connectivity index (χ1n) is 8.53. The molecule has 3 heteroatoms. The molecule has 120 valence electrons. The summed E-state index contributed by atoms with van der Waals surface area (Å²) in [6.07, 6.45) is 1.09. The maximum absolute atomic E-state index is 2.56. The van der Waals surface area contributed by atoms with Gasteiger partial charge in [0.05, 0.1) is 16.4 Å². The Morgan fingerprint density at radius 2 is 1.68 bits per heavy atom. The molecular formula is C22H15NS2. The van der Waals surface area contributed by atoms with E-state index in [1.165, 1.54) is 42.4 Å². The molecule has 1 aliphatic rings. The second kappa shape index (κ2) is 5.13. The van der Waals surface area contributed by atoms with Crippen LogP contribution in [-0.2, 0) is 6.42 Å². The monoisotopic (exact) mass is 357 g/mol. The molecule has 0 saturated carbocycles. The molecule has 1 aliphatic heterocycles. The van der Waals surface area contributed by atoms with Gasteiger partial charge in [-0.1, -0.05) is 36.4 Å². The summed E-state index contributed by atoms with van der Waals surface area (Å²) in [6.45, 7) is 0. The van der Waals surface area contributed by atoms with Crippen LogP contribution in [0.15, 0.2) is 77.0 Å². The number of fused-ring (bicyclic) bond motifs is 6. The SMILES string of the molecule is c1ccc2c(c1)CC(n1c3ccccc3c3c4ccsc4ccc31)S2. The Morgan fingerprint density at radius 1 is 0.800 bits per heavy atom. The summed E-state index contributed by atoms with van der Waals surface area (Å²) >= 11 is 3.82. The zero-order chi connectivity index (χ0) is 16.4. The van der Waals surface area contributed by atoms with E-state index in [1.807, 2.05) is 23.1 Å². The van der Waals surface area contributed by atoms with E-state index in [0.29, 0.717) is 5.37 Å². The largest absolute Gasteiger partial charge is 0.327 e. The second-order valence-corrected chi connectivity index (χ2v) is 8.73. The van der Waals surface area contributed by atoms with Crippen LogP contribution in [0.2, 0.25) is 0 Å². The fourth-order valence-corrected chi connectivity index (χ4v) is 6.30. The van der Waals surface area contributed by atoms with E-state index in [9.17, 15) is 0 Å². The minimum atomic E-state index is 0.427. The van der Waals surface area contributed by atoms with Crippen LogP contribution in [0.25, 0.3) is 31.9 Å². The van der Waals surface area contributed by atoms with E-state index < -0.39 is 0 Å². The molecule has 3 heterocycles. The Labute approximate surface area is 153 Å². The molecule has 6 rings (SSSR count). The third-order valence-corrected chi connectivity index (χ3v) is 7.41. The average molecular weight is 358 g/mol. The van der Waals surface area contributed by atoms with E-state index in [4.69, 9.17) is 0 Å². The van der Waals surface area contributed by atoms with E-state index in [0.717, 1.165) is 6.42 Å². The van der Waals surface area contributed by atoms with Crippen molar-refractivity contribution >= 4 is 55.0 Å². The summed E-state index contributed by atoms with van der Waals surface area (Å²) < 4.78 is 3.93. The van der Waals surface area contributed by atoms with Crippen LogP contribution >= 0.6 is 23.1 Å². The maximum atomic E-state index is 2.56. The van der Waals surface area contributed by atoms with Crippen LogP contribution in [0.3, 0.4) is 0 Å². The lowest BCUT2D eigenvalue weighted by Gasteiger charge is -2.14. The standard InChI is InChI=1S/C22H15NS2/c1-4-8-19-14(5-1)13-21(25-19)23-17-7-3-2-6-15(17)22-16-11-12-24-20(16)10-9-18(22)23/h1-12,21H,13H2. The smallest absolute Gasteiger partial charge is 0.0886 e. The molecule has 3 aromatic carbocycles. The van der Waals surface area contributed by atoms with Crippen molar-refractivity contribution in [1.29, 1.82) is 0 Å². The van der Waals surface area contributed by atoms with Crippen LogP contribution in [0, 0.1) is 0 Å². The fourth-order valence-electron chi connectivity index (χ4n) is 4.16. The minimum Gasteiger partial charge on any atom is -0.327 e. The number of hydrogen-bond donors (Lipinski definition) is 0. The molecule has 25 heavy (non-hydrogen) atoms. The molecular weight excluding hydrogens is 342 g/mol. The number of nitrogens with zero attached hydrogens (tertiary/aromatic N) is 1. The molecule has 0 fully saturated rings. The second-order valence-electron chi connectivity index (χ2n) is 6.56. The van der Waals surface area contributed by atoms with Crippen LogP contribution in [0.5, 0.6) is 0 Å². The molecule has 1 atom stereocenters. The molecule has 0 spiro atoms. The number of thiophene rings is 1. The number of hydrogen-bond acceptors (Lipinski definition) is 2. The zero-order valence-corrected chi connectivity index (χ0v) is 15.1. The topological polar surface area (TPSA) is 4.93 Å². The van der Waals surface area contributed by atoms with Gasteiger partial charge in [-0.3, -0.25) is 0 Å². The molecule has 0 N–H and O–H groups in total. The molecule has 0 bridgehead atoms. The van der Waals surface area contributed by atoms with Crippen molar-refractivity contribution in [3.8, 4) is 0 Å². The van der Waals surface area contributed by atoms with Gasteiger partial charge in [-0.25, -0.2) is 0 Å². The van der Waals surface area contributed by atoms with Gasteiger partial charge in [0.1, 0.15) is 0 Å². The minimum absolute atomic E-state index is 0.427.